The maximum atomic E-state index is 5.39. The lowest BCUT2D eigenvalue weighted by molar-refractivity contribution is 0.0389. The lowest BCUT2D eigenvalue weighted by Crippen LogP contribution is -2.44. The maximum absolute atomic E-state index is 5.39. The van der Waals surface area contributed by atoms with Gasteiger partial charge in [0.1, 0.15) is 5.82 Å². The topological polar surface area (TPSA) is 66.7 Å². The Morgan fingerprint density at radius 3 is 2.81 bits per heavy atom. The van der Waals surface area contributed by atoms with Crippen LogP contribution in [0.1, 0.15) is 19.2 Å². The number of aromatic nitrogens is 2. The summed E-state index contributed by atoms with van der Waals surface area (Å²) < 4.78 is 7.67. The Hall–Kier alpha value is -2.12. The van der Waals surface area contributed by atoms with E-state index in [1.165, 1.54) is 5.52 Å². The third kappa shape index (κ3) is 5.68. The summed E-state index contributed by atoms with van der Waals surface area (Å²) in [6.45, 7) is 12.4. The minimum atomic E-state index is 0.791. The second kappa shape index (κ2) is 10.3. The summed E-state index contributed by atoms with van der Waals surface area (Å²) in [5.41, 5.74) is 2.27. The molecule has 0 radical (unpaired) electrons. The fourth-order valence-electron chi connectivity index (χ4n) is 3.40. The first-order valence-electron chi connectivity index (χ1n) is 10.0. The average Bonchev–Trinajstić information content (AvgIpc) is 3.01. The molecule has 7 heteroatoms. The van der Waals surface area contributed by atoms with Gasteiger partial charge >= 0.3 is 0 Å². The second-order valence-electron chi connectivity index (χ2n) is 6.79. The Morgan fingerprint density at radius 2 is 2.00 bits per heavy atom. The Morgan fingerprint density at radius 1 is 1.19 bits per heavy atom. The molecule has 1 aliphatic heterocycles. The van der Waals surface area contributed by atoms with Gasteiger partial charge in [0.05, 0.1) is 24.2 Å². The van der Waals surface area contributed by atoms with Crippen molar-refractivity contribution >= 4 is 17.0 Å². The van der Waals surface area contributed by atoms with E-state index in [2.05, 4.69) is 57.1 Å². The third-order valence-electron chi connectivity index (χ3n) is 4.82. The van der Waals surface area contributed by atoms with E-state index < -0.39 is 0 Å². The standard InChI is InChI=1S/C20H32N6O/c1-3-21-20(23-10-12-25-13-15-27-16-14-25)22-9-6-11-26-17(2)24-18-7-4-5-8-19(18)26/h4-5,7-8H,3,6,9-16H2,1-2H3,(H2,21,22,23). The first-order valence-corrected chi connectivity index (χ1v) is 10.0. The fraction of sp³-hybridized carbons (Fsp3) is 0.600. The number of fused-ring (bicyclic) bond motifs is 1. The van der Waals surface area contributed by atoms with Crippen molar-refractivity contribution in [2.75, 3.05) is 52.5 Å². The van der Waals surface area contributed by atoms with Crippen LogP contribution in [-0.2, 0) is 11.3 Å². The van der Waals surface area contributed by atoms with Crippen LogP contribution in [0.2, 0.25) is 0 Å². The molecule has 2 heterocycles. The molecule has 1 aliphatic rings. The van der Waals surface area contributed by atoms with Crippen molar-refractivity contribution < 1.29 is 4.74 Å². The van der Waals surface area contributed by atoms with Crippen molar-refractivity contribution in [1.29, 1.82) is 0 Å². The summed E-state index contributed by atoms with van der Waals surface area (Å²) in [7, 11) is 0. The van der Waals surface area contributed by atoms with Crippen LogP contribution in [-0.4, -0.2) is 72.9 Å². The van der Waals surface area contributed by atoms with Gasteiger partial charge in [0.2, 0.25) is 0 Å². The summed E-state index contributed by atoms with van der Waals surface area (Å²) in [5.74, 6) is 1.97. The van der Waals surface area contributed by atoms with Gasteiger partial charge < -0.3 is 19.9 Å². The van der Waals surface area contributed by atoms with Gasteiger partial charge in [-0.05, 0) is 32.4 Å². The van der Waals surface area contributed by atoms with Crippen LogP contribution in [0.25, 0.3) is 11.0 Å². The van der Waals surface area contributed by atoms with Crippen LogP contribution in [0.5, 0.6) is 0 Å². The van der Waals surface area contributed by atoms with Crippen LogP contribution in [0.4, 0.5) is 0 Å². The first-order chi connectivity index (χ1) is 13.3. The molecule has 0 bridgehead atoms. The average molecular weight is 373 g/mol. The number of rotatable bonds is 8. The Balaban J connectivity index is 1.45. The smallest absolute Gasteiger partial charge is 0.191 e. The van der Waals surface area contributed by atoms with E-state index in [0.29, 0.717) is 0 Å². The zero-order chi connectivity index (χ0) is 18.9. The minimum absolute atomic E-state index is 0.791. The van der Waals surface area contributed by atoms with E-state index in [9.17, 15) is 0 Å². The molecule has 0 saturated carbocycles. The molecule has 0 atom stereocenters. The summed E-state index contributed by atoms with van der Waals surface area (Å²) in [5, 5.41) is 6.77. The van der Waals surface area contributed by atoms with Gasteiger partial charge in [0.15, 0.2) is 5.96 Å². The van der Waals surface area contributed by atoms with Crippen LogP contribution in [0.3, 0.4) is 0 Å². The van der Waals surface area contributed by atoms with E-state index in [1.807, 2.05) is 6.07 Å². The lowest BCUT2D eigenvalue weighted by atomic mass is 10.3. The number of imidazole rings is 1. The number of ether oxygens (including phenoxy) is 1. The predicted octanol–water partition coefficient (Wildman–Crippen LogP) is 1.62. The lowest BCUT2D eigenvalue weighted by Gasteiger charge is -2.26. The van der Waals surface area contributed by atoms with Crippen molar-refractivity contribution in [2.24, 2.45) is 4.99 Å². The van der Waals surface area contributed by atoms with Crippen LogP contribution in [0, 0.1) is 6.92 Å². The monoisotopic (exact) mass is 372 g/mol. The molecule has 1 aromatic carbocycles. The summed E-state index contributed by atoms with van der Waals surface area (Å²) >= 11 is 0. The molecule has 3 rings (SSSR count). The number of para-hydroxylation sites is 2. The van der Waals surface area contributed by atoms with Crippen molar-refractivity contribution in [3.8, 4) is 0 Å². The third-order valence-corrected chi connectivity index (χ3v) is 4.82. The number of morpholine rings is 1. The maximum Gasteiger partial charge on any atom is 0.191 e. The molecule has 0 unspecified atom stereocenters. The van der Waals surface area contributed by atoms with Crippen molar-refractivity contribution in [3.05, 3.63) is 30.1 Å². The highest BCUT2D eigenvalue weighted by molar-refractivity contribution is 5.79. The molecule has 0 spiro atoms. The molecule has 2 N–H and O–H groups in total. The van der Waals surface area contributed by atoms with Gasteiger partial charge in [-0.25, -0.2) is 4.98 Å². The zero-order valence-electron chi connectivity index (χ0n) is 16.6. The van der Waals surface area contributed by atoms with Gasteiger partial charge in [0.25, 0.3) is 0 Å². The van der Waals surface area contributed by atoms with Gasteiger partial charge in [-0.1, -0.05) is 12.1 Å². The van der Waals surface area contributed by atoms with E-state index in [-0.39, 0.29) is 0 Å². The molecule has 1 aromatic heterocycles. The molecule has 2 aromatic rings. The van der Waals surface area contributed by atoms with E-state index >= 15 is 0 Å². The highest BCUT2D eigenvalue weighted by atomic mass is 16.5. The molecular weight excluding hydrogens is 340 g/mol. The van der Waals surface area contributed by atoms with Crippen molar-refractivity contribution in [3.63, 3.8) is 0 Å². The summed E-state index contributed by atoms with van der Waals surface area (Å²) in [6, 6.07) is 8.31. The number of benzene rings is 1. The number of hydrogen-bond donors (Lipinski definition) is 2. The van der Waals surface area contributed by atoms with E-state index in [1.54, 1.807) is 0 Å². The van der Waals surface area contributed by atoms with Crippen LogP contribution in [0.15, 0.2) is 29.3 Å². The predicted molar refractivity (Wildman–Crippen MR) is 110 cm³/mol. The Bertz CT molecular complexity index is 735. The number of hydrogen-bond acceptors (Lipinski definition) is 4. The largest absolute Gasteiger partial charge is 0.379 e. The minimum Gasteiger partial charge on any atom is -0.379 e. The number of nitrogens with one attached hydrogen (secondary N) is 2. The number of nitrogens with zero attached hydrogens (tertiary/aromatic N) is 4. The van der Waals surface area contributed by atoms with Gasteiger partial charge in [-0.15, -0.1) is 0 Å². The van der Waals surface area contributed by atoms with E-state index in [0.717, 1.165) is 82.7 Å². The molecule has 27 heavy (non-hydrogen) atoms. The second-order valence-corrected chi connectivity index (χ2v) is 6.79. The number of guanidine groups is 1. The quantitative estimate of drug-likeness (QED) is 0.419. The van der Waals surface area contributed by atoms with Crippen LogP contribution < -0.4 is 10.6 Å². The van der Waals surface area contributed by atoms with Crippen LogP contribution >= 0.6 is 0 Å². The molecule has 0 amide bonds. The molecule has 1 fully saturated rings. The van der Waals surface area contributed by atoms with Gasteiger partial charge in [0, 0.05) is 45.8 Å². The molecule has 7 nitrogen and oxygen atoms in total. The summed E-state index contributed by atoms with van der Waals surface area (Å²) in [4.78, 5) is 11.8. The van der Waals surface area contributed by atoms with Crippen molar-refractivity contribution in [1.82, 2.24) is 25.1 Å². The normalized spacial score (nSPS) is 16.0. The highest BCUT2D eigenvalue weighted by Gasteiger charge is 2.10. The van der Waals surface area contributed by atoms with Gasteiger partial charge in [-0.2, -0.15) is 0 Å². The fourth-order valence-corrected chi connectivity index (χ4v) is 3.40. The molecule has 1 saturated heterocycles. The van der Waals surface area contributed by atoms with Gasteiger partial charge in [-0.3, -0.25) is 9.89 Å². The SMILES string of the molecule is CCNC(=NCCCn1c(C)nc2ccccc21)NCCN1CCOCC1. The Kier molecular flexibility index (Phi) is 7.47. The first kappa shape index (κ1) is 19.6. The molecular formula is C20H32N6O. The molecule has 148 valence electrons. The van der Waals surface area contributed by atoms with E-state index in [4.69, 9.17) is 9.73 Å². The number of aryl methyl sites for hydroxylation is 2. The summed E-state index contributed by atoms with van der Waals surface area (Å²) in [6.07, 6.45) is 0.987. The Labute approximate surface area is 161 Å². The highest BCUT2D eigenvalue weighted by Crippen LogP contribution is 2.15. The molecule has 0 aliphatic carbocycles. The number of aliphatic imine (C=N–C) groups is 1. The zero-order valence-corrected chi connectivity index (χ0v) is 16.6. The van der Waals surface area contributed by atoms with Crippen molar-refractivity contribution in [2.45, 2.75) is 26.8 Å².